The summed E-state index contributed by atoms with van der Waals surface area (Å²) >= 11 is 0. The molecule has 0 spiro atoms. The Hall–Kier alpha value is -1.55. The molecule has 2 rings (SSSR count). The fraction of sp³-hybridized carbons (Fsp3) is 0.538. The zero-order chi connectivity index (χ0) is 16.0. The lowest BCUT2D eigenvalue weighted by Crippen LogP contribution is -2.44. The molecule has 1 saturated heterocycles. The van der Waals surface area contributed by atoms with E-state index in [0.717, 1.165) is 32.7 Å². The van der Waals surface area contributed by atoms with E-state index in [1.54, 1.807) is 0 Å². The third kappa shape index (κ3) is 4.47. The third-order valence-electron chi connectivity index (χ3n) is 3.50. The van der Waals surface area contributed by atoms with E-state index < -0.39 is 20.6 Å². The smallest absolute Gasteiger partial charge is 0.289 e. The van der Waals surface area contributed by atoms with Crippen LogP contribution in [0.5, 0.6) is 0 Å². The fourth-order valence-electron chi connectivity index (χ4n) is 2.36. The van der Waals surface area contributed by atoms with Crippen LogP contribution in [0.15, 0.2) is 29.2 Å². The molecule has 122 valence electrons. The lowest BCUT2D eigenvalue weighted by Gasteiger charge is -2.27. The third-order valence-corrected chi connectivity index (χ3v) is 5.01. The highest BCUT2D eigenvalue weighted by molar-refractivity contribution is 7.89. The number of rotatable bonds is 7. The van der Waals surface area contributed by atoms with Gasteiger partial charge in [0.15, 0.2) is 4.90 Å². The van der Waals surface area contributed by atoms with Gasteiger partial charge in [-0.1, -0.05) is 12.1 Å². The van der Waals surface area contributed by atoms with E-state index in [9.17, 15) is 18.5 Å². The summed E-state index contributed by atoms with van der Waals surface area (Å²) in [6.07, 6.45) is 0.667. The number of para-hydroxylation sites is 1. The van der Waals surface area contributed by atoms with E-state index in [0.29, 0.717) is 6.42 Å². The Kier molecular flexibility index (Phi) is 5.83. The molecular weight excluding hydrogens is 308 g/mol. The van der Waals surface area contributed by atoms with Gasteiger partial charge in [-0.15, -0.1) is 0 Å². The van der Waals surface area contributed by atoms with E-state index in [-0.39, 0.29) is 11.4 Å². The Morgan fingerprint density at radius 3 is 2.64 bits per heavy atom. The predicted octanol–water partition coefficient (Wildman–Crippen LogP) is 0.168. The first-order chi connectivity index (χ1) is 10.5. The molecule has 1 aromatic carbocycles. The lowest BCUT2D eigenvalue weighted by atomic mass is 10.3. The van der Waals surface area contributed by atoms with Gasteiger partial charge in [0.25, 0.3) is 5.69 Å². The van der Waals surface area contributed by atoms with Crippen LogP contribution in [0.25, 0.3) is 0 Å². The molecular formula is C13H20N4O4S. The molecule has 0 bridgehead atoms. The Balaban J connectivity index is 1.90. The van der Waals surface area contributed by atoms with Crippen LogP contribution in [0, 0.1) is 10.1 Å². The van der Waals surface area contributed by atoms with Crippen LogP contribution in [-0.4, -0.2) is 57.5 Å². The second-order valence-corrected chi connectivity index (χ2v) is 6.80. The highest BCUT2D eigenvalue weighted by atomic mass is 32.2. The van der Waals surface area contributed by atoms with Crippen molar-refractivity contribution in [1.82, 2.24) is 14.9 Å². The molecule has 0 atom stereocenters. The summed E-state index contributed by atoms with van der Waals surface area (Å²) in [5.74, 6) is 0. The molecule has 0 aromatic heterocycles. The zero-order valence-corrected chi connectivity index (χ0v) is 13.0. The van der Waals surface area contributed by atoms with Crippen molar-refractivity contribution in [2.45, 2.75) is 11.3 Å². The van der Waals surface area contributed by atoms with Crippen molar-refractivity contribution in [3.63, 3.8) is 0 Å². The normalized spacial score (nSPS) is 16.5. The maximum absolute atomic E-state index is 12.2. The number of hydrogen-bond acceptors (Lipinski definition) is 6. The van der Waals surface area contributed by atoms with Gasteiger partial charge in [-0.05, 0) is 19.0 Å². The second-order valence-electron chi connectivity index (χ2n) is 5.07. The molecule has 0 amide bonds. The number of piperazine rings is 1. The summed E-state index contributed by atoms with van der Waals surface area (Å²) in [6, 6.07) is 5.36. The van der Waals surface area contributed by atoms with Crippen LogP contribution in [0.2, 0.25) is 0 Å². The predicted molar refractivity (Wildman–Crippen MR) is 82.2 cm³/mol. The van der Waals surface area contributed by atoms with Gasteiger partial charge in [-0.3, -0.25) is 10.1 Å². The van der Waals surface area contributed by atoms with Gasteiger partial charge in [-0.25, -0.2) is 13.1 Å². The van der Waals surface area contributed by atoms with E-state index in [4.69, 9.17) is 0 Å². The Bertz CT molecular complexity index is 614. The van der Waals surface area contributed by atoms with Crippen molar-refractivity contribution in [2.24, 2.45) is 0 Å². The molecule has 8 nitrogen and oxygen atoms in total. The van der Waals surface area contributed by atoms with Gasteiger partial charge in [0, 0.05) is 38.8 Å². The van der Waals surface area contributed by atoms with Gasteiger partial charge in [0.05, 0.1) is 4.92 Å². The molecule has 9 heteroatoms. The van der Waals surface area contributed by atoms with Crippen LogP contribution in [-0.2, 0) is 10.0 Å². The lowest BCUT2D eigenvalue weighted by molar-refractivity contribution is -0.387. The minimum Gasteiger partial charge on any atom is -0.314 e. The highest BCUT2D eigenvalue weighted by Gasteiger charge is 2.24. The summed E-state index contributed by atoms with van der Waals surface area (Å²) in [4.78, 5) is 12.2. The molecule has 1 aliphatic rings. The number of benzene rings is 1. The summed E-state index contributed by atoms with van der Waals surface area (Å²) in [7, 11) is -3.86. The molecule has 1 fully saturated rings. The van der Waals surface area contributed by atoms with Gasteiger partial charge < -0.3 is 10.2 Å². The molecule has 22 heavy (non-hydrogen) atoms. The maximum atomic E-state index is 12.2. The molecule has 2 N–H and O–H groups in total. The van der Waals surface area contributed by atoms with Gasteiger partial charge >= 0.3 is 0 Å². The van der Waals surface area contributed by atoms with E-state index in [1.807, 2.05) is 0 Å². The fourth-order valence-corrected chi connectivity index (χ4v) is 3.60. The number of nitrogens with zero attached hydrogens (tertiary/aromatic N) is 2. The average molecular weight is 328 g/mol. The van der Waals surface area contributed by atoms with Crippen molar-refractivity contribution in [3.05, 3.63) is 34.4 Å². The quantitative estimate of drug-likeness (QED) is 0.420. The van der Waals surface area contributed by atoms with Crippen molar-refractivity contribution in [3.8, 4) is 0 Å². The molecule has 0 aliphatic carbocycles. The topological polar surface area (TPSA) is 105 Å². The first kappa shape index (κ1) is 16.8. The van der Waals surface area contributed by atoms with E-state index in [2.05, 4.69) is 14.9 Å². The Labute approximate surface area is 129 Å². The van der Waals surface area contributed by atoms with Gasteiger partial charge in [-0.2, -0.15) is 0 Å². The monoisotopic (exact) mass is 328 g/mol. The Morgan fingerprint density at radius 2 is 1.95 bits per heavy atom. The maximum Gasteiger partial charge on any atom is 0.289 e. The van der Waals surface area contributed by atoms with Gasteiger partial charge in [0.2, 0.25) is 10.0 Å². The molecule has 0 unspecified atom stereocenters. The number of hydrogen-bond donors (Lipinski definition) is 2. The average Bonchev–Trinajstić information content (AvgIpc) is 2.52. The van der Waals surface area contributed by atoms with Crippen LogP contribution >= 0.6 is 0 Å². The zero-order valence-electron chi connectivity index (χ0n) is 12.2. The number of sulfonamides is 1. The SMILES string of the molecule is O=[N+]([O-])c1ccccc1S(=O)(=O)NCCCN1CCNCC1. The van der Waals surface area contributed by atoms with Crippen molar-refractivity contribution in [1.29, 1.82) is 0 Å². The number of nitro groups is 1. The standard InChI is InChI=1S/C13H20N4O4S/c18-17(19)12-4-1-2-5-13(12)22(20,21)15-6-3-9-16-10-7-14-8-11-16/h1-2,4-5,14-15H,3,6-11H2. The summed E-state index contributed by atoms with van der Waals surface area (Å²) in [5.41, 5.74) is -0.405. The minimum atomic E-state index is -3.86. The highest BCUT2D eigenvalue weighted by Crippen LogP contribution is 2.22. The van der Waals surface area contributed by atoms with Crippen LogP contribution in [0.4, 0.5) is 5.69 Å². The van der Waals surface area contributed by atoms with E-state index >= 15 is 0 Å². The van der Waals surface area contributed by atoms with Gasteiger partial charge in [0.1, 0.15) is 0 Å². The first-order valence-electron chi connectivity index (χ1n) is 7.17. The van der Waals surface area contributed by atoms with E-state index in [1.165, 1.54) is 24.3 Å². The van der Waals surface area contributed by atoms with Crippen LogP contribution in [0.3, 0.4) is 0 Å². The van der Waals surface area contributed by atoms with Crippen LogP contribution in [0.1, 0.15) is 6.42 Å². The van der Waals surface area contributed by atoms with Crippen molar-refractivity contribution < 1.29 is 13.3 Å². The van der Waals surface area contributed by atoms with Crippen molar-refractivity contribution in [2.75, 3.05) is 39.3 Å². The minimum absolute atomic E-state index is 0.262. The summed E-state index contributed by atoms with van der Waals surface area (Å²) in [5, 5.41) is 14.2. The summed E-state index contributed by atoms with van der Waals surface area (Å²) in [6.45, 7) is 4.87. The molecule has 0 radical (unpaired) electrons. The molecule has 1 aliphatic heterocycles. The number of nitrogens with one attached hydrogen (secondary N) is 2. The first-order valence-corrected chi connectivity index (χ1v) is 8.65. The summed E-state index contributed by atoms with van der Waals surface area (Å²) < 4.78 is 26.8. The second kappa shape index (κ2) is 7.63. The molecule has 1 aromatic rings. The van der Waals surface area contributed by atoms with Crippen molar-refractivity contribution >= 4 is 15.7 Å². The Morgan fingerprint density at radius 1 is 1.27 bits per heavy atom. The largest absolute Gasteiger partial charge is 0.314 e. The molecule has 1 heterocycles. The number of nitro benzene ring substituents is 1. The molecule has 0 saturated carbocycles. The van der Waals surface area contributed by atoms with Crippen LogP contribution < -0.4 is 10.0 Å².